The van der Waals surface area contributed by atoms with E-state index in [1.807, 2.05) is 0 Å². The van der Waals surface area contributed by atoms with Crippen molar-refractivity contribution in [3.05, 3.63) is 47.8 Å². The average Bonchev–Trinajstić information content (AvgIpc) is 2.68. The van der Waals surface area contributed by atoms with Gasteiger partial charge in [-0.15, -0.1) is 11.8 Å². The highest BCUT2D eigenvalue weighted by Crippen LogP contribution is 2.29. The van der Waals surface area contributed by atoms with Crippen LogP contribution in [0.2, 0.25) is 0 Å². The van der Waals surface area contributed by atoms with E-state index >= 15 is 0 Å². The summed E-state index contributed by atoms with van der Waals surface area (Å²) in [5.74, 6) is 0.126. The third-order valence-electron chi connectivity index (χ3n) is 4.84. The van der Waals surface area contributed by atoms with Gasteiger partial charge in [0.05, 0.1) is 0 Å². The van der Waals surface area contributed by atoms with Gasteiger partial charge in [-0.05, 0) is 49.4 Å². The van der Waals surface area contributed by atoms with Crippen molar-refractivity contribution in [2.24, 2.45) is 0 Å². The molecule has 1 aromatic heterocycles. The summed E-state index contributed by atoms with van der Waals surface area (Å²) >= 11 is 1.71. The Labute approximate surface area is 161 Å². The van der Waals surface area contributed by atoms with Crippen molar-refractivity contribution < 1.29 is 13.2 Å². The Kier molecular flexibility index (Phi) is 6.26. The Morgan fingerprint density at radius 3 is 2.63 bits per heavy atom. The standard InChI is InChI=1S/C19H23F3N4S/c1-25(18-23-10-9-17(24-18)19(20,21)22)15-4-3-11-26(13-15)12-14-5-7-16(27-2)8-6-14/h5-10,15H,3-4,11-13H2,1-2H3. The summed E-state index contributed by atoms with van der Waals surface area (Å²) in [5.41, 5.74) is 0.340. The number of likely N-dealkylation sites (N-methyl/N-ethyl adjacent to an activating group) is 1. The highest BCUT2D eigenvalue weighted by Gasteiger charge is 2.34. The van der Waals surface area contributed by atoms with Gasteiger partial charge in [0.15, 0.2) is 0 Å². The average molecular weight is 396 g/mol. The number of piperidine rings is 1. The van der Waals surface area contributed by atoms with Crippen LogP contribution in [0.25, 0.3) is 0 Å². The number of likely N-dealkylation sites (tertiary alicyclic amines) is 1. The molecule has 0 radical (unpaired) electrons. The molecule has 4 nitrogen and oxygen atoms in total. The van der Waals surface area contributed by atoms with Crippen molar-refractivity contribution in [1.82, 2.24) is 14.9 Å². The van der Waals surface area contributed by atoms with E-state index in [1.54, 1.807) is 23.7 Å². The first kappa shape index (κ1) is 19.9. The van der Waals surface area contributed by atoms with E-state index in [2.05, 4.69) is 45.4 Å². The molecule has 1 saturated heterocycles. The predicted molar refractivity (Wildman–Crippen MR) is 102 cm³/mol. The molecule has 27 heavy (non-hydrogen) atoms. The zero-order chi connectivity index (χ0) is 19.4. The molecule has 2 heterocycles. The van der Waals surface area contributed by atoms with Crippen LogP contribution in [0.1, 0.15) is 24.1 Å². The van der Waals surface area contributed by atoms with Crippen LogP contribution in [-0.2, 0) is 12.7 Å². The lowest BCUT2D eigenvalue weighted by Crippen LogP contribution is -2.46. The number of anilines is 1. The summed E-state index contributed by atoms with van der Waals surface area (Å²) in [6.07, 6.45) is 0.681. The smallest absolute Gasteiger partial charge is 0.340 e. The van der Waals surface area contributed by atoms with Gasteiger partial charge in [-0.3, -0.25) is 4.90 Å². The number of hydrogen-bond donors (Lipinski definition) is 0. The van der Waals surface area contributed by atoms with E-state index in [1.165, 1.54) is 16.7 Å². The molecular weight excluding hydrogens is 373 g/mol. The van der Waals surface area contributed by atoms with Gasteiger partial charge in [-0.1, -0.05) is 12.1 Å². The van der Waals surface area contributed by atoms with Crippen molar-refractivity contribution in [3.63, 3.8) is 0 Å². The Morgan fingerprint density at radius 1 is 1.22 bits per heavy atom. The second-order valence-electron chi connectivity index (χ2n) is 6.73. The first-order valence-corrected chi connectivity index (χ1v) is 10.1. The third-order valence-corrected chi connectivity index (χ3v) is 5.59. The van der Waals surface area contributed by atoms with E-state index in [9.17, 15) is 13.2 Å². The molecule has 8 heteroatoms. The second-order valence-corrected chi connectivity index (χ2v) is 7.61. The Hall–Kier alpha value is -1.80. The van der Waals surface area contributed by atoms with Crippen LogP contribution in [0.15, 0.2) is 41.4 Å². The molecule has 1 aliphatic heterocycles. The fourth-order valence-corrected chi connectivity index (χ4v) is 3.73. The van der Waals surface area contributed by atoms with Crippen molar-refractivity contribution in [2.75, 3.05) is 31.3 Å². The van der Waals surface area contributed by atoms with E-state index in [0.717, 1.165) is 38.5 Å². The number of halogens is 3. The van der Waals surface area contributed by atoms with Gasteiger partial charge in [0.2, 0.25) is 5.95 Å². The summed E-state index contributed by atoms with van der Waals surface area (Å²) in [5, 5.41) is 0. The monoisotopic (exact) mass is 396 g/mol. The number of aromatic nitrogens is 2. The number of hydrogen-bond acceptors (Lipinski definition) is 5. The molecule has 0 spiro atoms. The Morgan fingerprint density at radius 2 is 1.96 bits per heavy atom. The molecule has 0 amide bonds. The zero-order valence-corrected chi connectivity index (χ0v) is 16.2. The summed E-state index contributed by atoms with van der Waals surface area (Å²) in [7, 11) is 1.77. The molecule has 2 aromatic rings. The molecule has 0 saturated carbocycles. The van der Waals surface area contributed by atoms with Gasteiger partial charge in [0.25, 0.3) is 0 Å². The second kappa shape index (κ2) is 8.48. The molecular formula is C19H23F3N4S. The number of thioether (sulfide) groups is 1. The van der Waals surface area contributed by atoms with Gasteiger partial charge in [0.1, 0.15) is 5.69 Å². The highest BCUT2D eigenvalue weighted by molar-refractivity contribution is 7.98. The molecule has 0 bridgehead atoms. The Bertz CT molecular complexity index is 751. The molecule has 1 aromatic carbocycles. The summed E-state index contributed by atoms with van der Waals surface area (Å²) in [6, 6.07) is 9.49. The van der Waals surface area contributed by atoms with Crippen molar-refractivity contribution >= 4 is 17.7 Å². The maximum Gasteiger partial charge on any atom is 0.433 e. The van der Waals surface area contributed by atoms with Crippen molar-refractivity contribution in [3.8, 4) is 0 Å². The zero-order valence-electron chi connectivity index (χ0n) is 15.4. The normalized spacial score (nSPS) is 18.5. The number of rotatable bonds is 5. The quantitative estimate of drug-likeness (QED) is 0.703. The molecule has 1 atom stereocenters. The van der Waals surface area contributed by atoms with E-state index < -0.39 is 11.9 Å². The van der Waals surface area contributed by atoms with Gasteiger partial charge in [-0.25, -0.2) is 9.97 Å². The predicted octanol–water partition coefficient (Wildman–Crippen LogP) is 4.32. The molecule has 1 unspecified atom stereocenters. The minimum Gasteiger partial charge on any atom is -0.340 e. The SMILES string of the molecule is CSc1ccc(CN2CCCC(N(C)c3nccc(C(F)(F)F)n3)C2)cc1. The summed E-state index contributed by atoms with van der Waals surface area (Å²) in [6.45, 7) is 2.60. The number of nitrogens with zero attached hydrogens (tertiary/aromatic N) is 4. The van der Waals surface area contributed by atoms with Crippen LogP contribution in [0.3, 0.4) is 0 Å². The van der Waals surface area contributed by atoms with Crippen LogP contribution in [-0.4, -0.2) is 47.3 Å². The summed E-state index contributed by atoms with van der Waals surface area (Å²) < 4.78 is 38.7. The molecule has 0 N–H and O–H groups in total. The van der Waals surface area contributed by atoms with Crippen LogP contribution in [0.4, 0.5) is 19.1 Å². The molecule has 1 fully saturated rings. The van der Waals surface area contributed by atoms with Crippen LogP contribution in [0, 0.1) is 0 Å². The van der Waals surface area contributed by atoms with Crippen molar-refractivity contribution in [2.45, 2.75) is 36.5 Å². The first-order chi connectivity index (χ1) is 12.9. The minimum absolute atomic E-state index is 0.0905. The van der Waals surface area contributed by atoms with Crippen LogP contribution in [0.5, 0.6) is 0 Å². The lowest BCUT2D eigenvalue weighted by Gasteiger charge is -2.37. The van der Waals surface area contributed by atoms with Crippen LogP contribution >= 0.6 is 11.8 Å². The number of alkyl halides is 3. The van der Waals surface area contributed by atoms with Gasteiger partial charge >= 0.3 is 6.18 Å². The van der Waals surface area contributed by atoms with E-state index in [-0.39, 0.29) is 12.0 Å². The maximum absolute atomic E-state index is 12.9. The fourth-order valence-electron chi connectivity index (χ4n) is 3.32. The Balaban J connectivity index is 1.66. The molecule has 3 rings (SSSR count). The maximum atomic E-state index is 12.9. The third kappa shape index (κ3) is 5.13. The van der Waals surface area contributed by atoms with Crippen LogP contribution < -0.4 is 4.90 Å². The van der Waals surface area contributed by atoms with Gasteiger partial charge in [-0.2, -0.15) is 13.2 Å². The van der Waals surface area contributed by atoms with Gasteiger partial charge < -0.3 is 4.90 Å². The van der Waals surface area contributed by atoms with Crippen molar-refractivity contribution in [1.29, 1.82) is 0 Å². The number of benzene rings is 1. The molecule has 0 aliphatic carbocycles. The first-order valence-electron chi connectivity index (χ1n) is 8.85. The highest BCUT2D eigenvalue weighted by atomic mass is 32.2. The topological polar surface area (TPSA) is 32.3 Å². The molecule has 146 valence electrons. The fraction of sp³-hybridized carbons (Fsp3) is 0.474. The lowest BCUT2D eigenvalue weighted by atomic mass is 10.0. The molecule has 1 aliphatic rings. The minimum atomic E-state index is -4.46. The summed E-state index contributed by atoms with van der Waals surface area (Å²) in [4.78, 5) is 13.1. The van der Waals surface area contributed by atoms with E-state index in [4.69, 9.17) is 0 Å². The lowest BCUT2D eigenvalue weighted by molar-refractivity contribution is -0.141. The van der Waals surface area contributed by atoms with E-state index in [0.29, 0.717) is 0 Å². The van der Waals surface area contributed by atoms with Gasteiger partial charge in [0, 0.05) is 37.3 Å². The largest absolute Gasteiger partial charge is 0.433 e.